The first kappa shape index (κ1) is 15.2. The van der Waals surface area contributed by atoms with E-state index >= 15 is 0 Å². The maximum Gasteiger partial charge on any atom is 0.527 e. The van der Waals surface area contributed by atoms with Crippen LogP contribution in [0.1, 0.15) is 39.0 Å². The summed E-state index contributed by atoms with van der Waals surface area (Å²) in [5, 5.41) is 0. The number of hydrogen-bond donors (Lipinski definition) is 1. The lowest BCUT2D eigenvalue weighted by molar-refractivity contribution is 0.199. The number of hydrogen-bond acceptors (Lipinski definition) is 3. The van der Waals surface area contributed by atoms with E-state index in [-0.39, 0.29) is 6.61 Å². The van der Waals surface area contributed by atoms with E-state index in [4.69, 9.17) is 9.05 Å². The van der Waals surface area contributed by atoms with E-state index in [2.05, 4.69) is 6.92 Å². The summed E-state index contributed by atoms with van der Waals surface area (Å²) in [6.07, 6.45) is 5.30. The number of phosphoric acid groups is 1. The molecule has 0 bridgehead atoms. The molecule has 1 rings (SSSR count). The van der Waals surface area contributed by atoms with E-state index in [1.807, 2.05) is 6.07 Å². The third-order valence-corrected chi connectivity index (χ3v) is 3.42. The third-order valence-electron chi connectivity index (χ3n) is 2.47. The highest BCUT2D eigenvalue weighted by Gasteiger charge is 2.22. The minimum absolute atomic E-state index is 0.254. The van der Waals surface area contributed by atoms with Gasteiger partial charge >= 0.3 is 7.82 Å². The van der Waals surface area contributed by atoms with Crippen molar-refractivity contribution in [3.05, 3.63) is 30.3 Å². The zero-order valence-electron chi connectivity index (χ0n) is 10.7. The zero-order chi connectivity index (χ0) is 13.3. The number of para-hydroxylation sites is 1. The second-order valence-corrected chi connectivity index (χ2v) is 5.50. The van der Waals surface area contributed by atoms with Crippen LogP contribution in [0.15, 0.2) is 30.3 Å². The number of benzene rings is 1. The van der Waals surface area contributed by atoms with Gasteiger partial charge in [-0.1, -0.05) is 50.8 Å². The summed E-state index contributed by atoms with van der Waals surface area (Å²) in [6, 6.07) is 8.52. The molecule has 102 valence electrons. The van der Waals surface area contributed by atoms with E-state index in [0.29, 0.717) is 5.75 Å². The fraction of sp³-hybridized carbons (Fsp3) is 0.538. The molecule has 0 amide bonds. The van der Waals surface area contributed by atoms with Crippen LogP contribution in [-0.4, -0.2) is 11.5 Å². The number of phosphoric ester groups is 1. The standard InChI is InChI=1S/C13H21O4P/c1-2-3-4-5-9-12-16-18(14,15)17-13-10-7-6-8-11-13/h6-8,10-11H,2-5,9,12H2,1H3,(H,14,15). The van der Waals surface area contributed by atoms with Gasteiger partial charge in [0.25, 0.3) is 0 Å². The summed E-state index contributed by atoms with van der Waals surface area (Å²) in [5.74, 6) is 0.342. The molecule has 0 radical (unpaired) electrons. The Hall–Kier alpha value is -0.830. The van der Waals surface area contributed by atoms with Gasteiger partial charge in [-0.15, -0.1) is 0 Å². The van der Waals surface area contributed by atoms with Crippen molar-refractivity contribution < 1.29 is 18.5 Å². The molecule has 4 nitrogen and oxygen atoms in total. The van der Waals surface area contributed by atoms with Gasteiger partial charge in [0.1, 0.15) is 5.75 Å². The Bertz CT molecular complexity index is 367. The fourth-order valence-electron chi connectivity index (χ4n) is 1.53. The number of unbranched alkanes of at least 4 members (excludes halogenated alkanes) is 4. The molecule has 0 heterocycles. The van der Waals surface area contributed by atoms with Crippen molar-refractivity contribution in [2.75, 3.05) is 6.61 Å². The van der Waals surface area contributed by atoms with Gasteiger partial charge in [-0.05, 0) is 18.6 Å². The Morgan fingerprint density at radius 3 is 2.44 bits per heavy atom. The van der Waals surface area contributed by atoms with Crippen molar-refractivity contribution in [2.24, 2.45) is 0 Å². The predicted molar refractivity (Wildman–Crippen MR) is 71.6 cm³/mol. The highest BCUT2D eigenvalue weighted by molar-refractivity contribution is 7.47. The van der Waals surface area contributed by atoms with Crippen molar-refractivity contribution in [2.45, 2.75) is 39.0 Å². The first-order chi connectivity index (χ1) is 8.64. The first-order valence-corrected chi connectivity index (χ1v) is 7.85. The SMILES string of the molecule is CCCCCCCOP(=O)(O)Oc1ccccc1. The Morgan fingerprint density at radius 2 is 1.78 bits per heavy atom. The van der Waals surface area contributed by atoms with Gasteiger partial charge < -0.3 is 4.52 Å². The van der Waals surface area contributed by atoms with Gasteiger partial charge in [0.15, 0.2) is 0 Å². The van der Waals surface area contributed by atoms with Crippen LogP contribution in [0.2, 0.25) is 0 Å². The van der Waals surface area contributed by atoms with Crippen LogP contribution in [0.4, 0.5) is 0 Å². The maximum absolute atomic E-state index is 11.6. The van der Waals surface area contributed by atoms with Gasteiger partial charge in [-0.3, -0.25) is 9.42 Å². The summed E-state index contributed by atoms with van der Waals surface area (Å²) >= 11 is 0. The molecule has 0 aliphatic heterocycles. The molecule has 0 spiro atoms. The molecule has 1 aromatic carbocycles. The summed E-state index contributed by atoms with van der Waals surface area (Å²) in [7, 11) is -3.97. The predicted octanol–water partition coefficient (Wildman–Crippen LogP) is 4.15. The molecule has 1 atom stereocenters. The van der Waals surface area contributed by atoms with E-state index in [9.17, 15) is 9.46 Å². The van der Waals surface area contributed by atoms with Crippen molar-refractivity contribution in [1.82, 2.24) is 0 Å². The van der Waals surface area contributed by atoms with Gasteiger partial charge in [-0.2, -0.15) is 0 Å². The molecule has 1 N–H and O–H groups in total. The number of rotatable bonds is 9. The minimum atomic E-state index is -3.97. The first-order valence-electron chi connectivity index (χ1n) is 6.36. The molecule has 18 heavy (non-hydrogen) atoms. The molecule has 0 fully saturated rings. The lowest BCUT2D eigenvalue weighted by atomic mass is 10.2. The molecule has 0 aliphatic rings. The highest BCUT2D eigenvalue weighted by Crippen LogP contribution is 2.43. The molecule has 1 aromatic rings. The summed E-state index contributed by atoms with van der Waals surface area (Å²) in [4.78, 5) is 9.48. The minimum Gasteiger partial charge on any atom is -0.404 e. The smallest absolute Gasteiger partial charge is 0.404 e. The molecule has 0 aromatic heterocycles. The van der Waals surface area contributed by atoms with E-state index in [1.165, 1.54) is 12.8 Å². The van der Waals surface area contributed by atoms with Crippen LogP contribution >= 0.6 is 7.82 Å². The van der Waals surface area contributed by atoms with E-state index in [0.717, 1.165) is 19.3 Å². The normalized spacial score (nSPS) is 14.1. The summed E-state index contributed by atoms with van der Waals surface area (Å²) < 4.78 is 21.4. The van der Waals surface area contributed by atoms with Crippen molar-refractivity contribution in [1.29, 1.82) is 0 Å². The molecule has 1 unspecified atom stereocenters. The molecule has 0 saturated heterocycles. The van der Waals surface area contributed by atoms with Crippen LogP contribution in [0, 0.1) is 0 Å². The molecule has 0 aliphatic carbocycles. The molecule has 5 heteroatoms. The maximum atomic E-state index is 11.6. The average molecular weight is 272 g/mol. The lowest BCUT2D eigenvalue weighted by Gasteiger charge is -2.12. The Morgan fingerprint density at radius 1 is 1.11 bits per heavy atom. The van der Waals surface area contributed by atoms with Gasteiger partial charge in [0.2, 0.25) is 0 Å². The van der Waals surface area contributed by atoms with Gasteiger partial charge in [0.05, 0.1) is 6.61 Å². The fourth-order valence-corrected chi connectivity index (χ4v) is 2.33. The topological polar surface area (TPSA) is 55.8 Å². The largest absolute Gasteiger partial charge is 0.527 e. The second kappa shape index (κ2) is 8.30. The Balaban J connectivity index is 2.21. The summed E-state index contributed by atoms with van der Waals surface area (Å²) in [5.41, 5.74) is 0. The van der Waals surface area contributed by atoms with Crippen LogP contribution in [0.25, 0.3) is 0 Å². The van der Waals surface area contributed by atoms with Crippen molar-refractivity contribution in [3.8, 4) is 5.75 Å². The second-order valence-electron chi connectivity index (χ2n) is 4.12. The molecular formula is C13H21O4P. The molecular weight excluding hydrogens is 251 g/mol. The highest BCUT2D eigenvalue weighted by atomic mass is 31.2. The molecule has 0 saturated carbocycles. The monoisotopic (exact) mass is 272 g/mol. The van der Waals surface area contributed by atoms with Crippen molar-refractivity contribution in [3.63, 3.8) is 0 Å². The van der Waals surface area contributed by atoms with Crippen LogP contribution in [0.3, 0.4) is 0 Å². The quantitative estimate of drug-likeness (QED) is 0.542. The van der Waals surface area contributed by atoms with Gasteiger partial charge in [-0.25, -0.2) is 4.57 Å². The van der Waals surface area contributed by atoms with E-state index < -0.39 is 7.82 Å². The Labute approximate surface area is 109 Å². The van der Waals surface area contributed by atoms with Crippen LogP contribution in [0.5, 0.6) is 5.75 Å². The summed E-state index contributed by atoms with van der Waals surface area (Å²) in [6.45, 7) is 2.40. The average Bonchev–Trinajstić information content (AvgIpc) is 2.34. The van der Waals surface area contributed by atoms with Crippen LogP contribution in [-0.2, 0) is 9.09 Å². The van der Waals surface area contributed by atoms with Crippen molar-refractivity contribution >= 4 is 7.82 Å². The van der Waals surface area contributed by atoms with E-state index in [1.54, 1.807) is 24.3 Å². The zero-order valence-corrected chi connectivity index (χ0v) is 11.6. The van der Waals surface area contributed by atoms with Gasteiger partial charge in [0, 0.05) is 0 Å². The van der Waals surface area contributed by atoms with Crippen LogP contribution < -0.4 is 4.52 Å². The lowest BCUT2D eigenvalue weighted by Crippen LogP contribution is -1.99. The Kier molecular flexibility index (Phi) is 7.02. The third kappa shape index (κ3) is 6.80.